The molecule has 1 N–H and O–H groups in total. The highest BCUT2D eigenvalue weighted by Crippen LogP contribution is 2.27. The topological polar surface area (TPSA) is 46.0 Å². The Morgan fingerprint density at radius 1 is 1.42 bits per heavy atom. The number of hydrogen-bond acceptors (Lipinski definition) is 2. The molecule has 0 aliphatic heterocycles. The maximum absolute atomic E-state index is 12.0. The molecule has 0 unspecified atom stereocenters. The van der Waals surface area contributed by atoms with Crippen molar-refractivity contribution in [3.63, 3.8) is 0 Å². The number of aromatic amines is 1. The summed E-state index contributed by atoms with van der Waals surface area (Å²) in [6.45, 7) is 0. The van der Waals surface area contributed by atoms with Crippen LogP contribution in [0.4, 0.5) is 13.2 Å². The maximum Gasteiger partial charge on any atom is 0.432 e. The monoisotopic (exact) mass is 176 g/mol. The molecule has 12 heavy (non-hydrogen) atoms. The predicted octanol–water partition coefficient (Wildman–Crippen LogP) is 1.08. The number of rotatable bonds is 0. The van der Waals surface area contributed by atoms with Crippen molar-refractivity contribution >= 4 is 5.65 Å². The van der Waals surface area contributed by atoms with Gasteiger partial charge in [0.1, 0.15) is 12.0 Å². The van der Waals surface area contributed by atoms with E-state index in [9.17, 15) is 13.2 Å². The van der Waals surface area contributed by atoms with Crippen LogP contribution in [0.5, 0.6) is 0 Å². The largest absolute Gasteiger partial charge is 0.432 e. The van der Waals surface area contributed by atoms with Gasteiger partial charge in [-0.1, -0.05) is 0 Å². The van der Waals surface area contributed by atoms with Gasteiger partial charge in [0.05, 0.1) is 0 Å². The first-order valence-corrected chi connectivity index (χ1v) is 3.03. The van der Waals surface area contributed by atoms with E-state index in [0.29, 0.717) is 0 Å². The van der Waals surface area contributed by atoms with Crippen molar-refractivity contribution in [2.75, 3.05) is 0 Å². The molecular weight excluding hydrogens is 173 g/mol. The molecule has 0 atom stereocenters. The molecule has 0 aromatic carbocycles. The number of halogens is 3. The number of nitrogens with one attached hydrogen (secondary N) is 1. The summed E-state index contributed by atoms with van der Waals surface area (Å²) in [4.78, 5) is 0. The molecule has 0 saturated carbocycles. The van der Waals surface area contributed by atoms with Crippen LogP contribution in [0.25, 0.3) is 5.65 Å². The second-order valence-electron chi connectivity index (χ2n) is 2.23. The lowest BCUT2D eigenvalue weighted by Gasteiger charge is -2.00. The quantitative estimate of drug-likeness (QED) is 0.652. The minimum atomic E-state index is -4.36. The zero-order valence-corrected chi connectivity index (χ0v) is 5.63. The minimum Gasteiger partial charge on any atom is -0.287 e. The van der Waals surface area contributed by atoms with Gasteiger partial charge in [0, 0.05) is 6.07 Å². The Balaban J connectivity index is 2.59. The fourth-order valence-corrected chi connectivity index (χ4v) is 0.865. The van der Waals surface area contributed by atoms with Gasteiger partial charge in [-0.05, 0) is 0 Å². The smallest absolute Gasteiger partial charge is 0.287 e. The van der Waals surface area contributed by atoms with Crippen LogP contribution in [0.1, 0.15) is 5.69 Å². The van der Waals surface area contributed by atoms with Crippen molar-refractivity contribution < 1.29 is 13.2 Å². The predicted molar refractivity (Wildman–Crippen MR) is 32.3 cm³/mol. The van der Waals surface area contributed by atoms with E-state index in [4.69, 9.17) is 0 Å². The lowest BCUT2D eigenvalue weighted by atomic mass is 10.4. The molecule has 2 aromatic rings. The van der Waals surface area contributed by atoms with Crippen LogP contribution >= 0.6 is 0 Å². The van der Waals surface area contributed by atoms with Gasteiger partial charge < -0.3 is 0 Å². The number of fused-ring (bicyclic) bond motifs is 1. The third-order valence-corrected chi connectivity index (χ3v) is 1.39. The summed E-state index contributed by atoms with van der Waals surface area (Å²) in [6, 6.07) is 0.896. The van der Waals surface area contributed by atoms with Crippen LogP contribution in [0, 0.1) is 0 Å². The molecule has 7 heteroatoms. The van der Waals surface area contributed by atoms with Crippen molar-refractivity contribution in [3.8, 4) is 0 Å². The molecule has 0 aliphatic rings. The molecule has 2 rings (SSSR count). The lowest BCUT2D eigenvalue weighted by Crippen LogP contribution is -2.05. The molecule has 2 heterocycles. The number of nitrogens with zero attached hydrogens (tertiary/aromatic N) is 3. The Bertz CT molecular complexity index is 369. The molecule has 4 nitrogen and oxygen atoms in total. The second kappa shape index (κ2) is 1.99. The summed E-state index contributed by atoms with van der Waals surface area (Å²) >= 11 is 0. The van der Waals surface area contributed by atoms with E-state index in [-0.39, 0.29) is 5.65 Å². The number of hydrogen-bond donors (Lipinski definition) is 1. The number of aromatic nitrogens is 4. The van der Waals surface area contributed by atoms with Gasteiger partial charge in [-0.25, -0.2) is 4.52 Å². The van der Waals surface area contributed by atoms with Crippen molar-refractivity contribution in [1.82, 2.24) is 19.8 Å². The van der Waals surface area contributed by atoms with Crippen LogP contribution in [-0.2, 0) is 6.18 Å². The fourth-order valence-electron chi connectivity index (χ4n) is 0.865. The maximum atomic E-state index is 12.0. The summed E-state index contributed by atoms with van der Waals surface area (Å²) in [6.07, 6.45) is -3.19. The Kier molecular flexibility index (Phi) is 1.18. The Hall–Kier alpha value is -1.53. The molecule has 0 bridgehead atoms. The molecule has 0 saturated heterocycles. The molecule has 0 radical (unpaired) electrons. The highest BCUT2D eigenvalue weighted by atomic mass is 19.4. The fraction of sp³-hybridized carbons (Fsp3) is 0.200. The highest BCUT2D eigenvalue weighted by Gasteiger charge is 2.33. The summed E-state index contributed by atoms with van der Waals surface area (Å²) < 4.78 is 37.1. The SMILES string of the molecule is FC(F)(F)c1cc2nncn2[nH]1. The molecular formula is C5H3F3N4. The van der Waals surface area contributed by atoms with E-state index in [0.717, 1.165) is 10.6 Å². The van der Waals surface area contributed by atoms with E-state index in [1.54, 1.807) is 0 Å². The average molecular weight is 176 g/mol. The third-order valence-electron chi connectivity index (χ3n) is 1.39. The van der Waals surface area contributed by atoms with Gasteiger partial charge in [-0.3, -0.25) is 5.10 Å². The average Bonchev–Trinajstić information content (AvgIpc) is 2.37. The van der Waals surface area contributed by atoms with Crippen molar-refractivity contribution in [2.24, 2.45) is 0 Å². The zero-order valence-electron chi connectivity index (χ0n) is 5.63. The highest BCUT2D eigenvalue weighted by molar-refractivity contribution is 5.37. The zero-order chi connectivity index (χ0) is 8.77. The van der Waals surface area contributed by atoms with Gasteiger partial charge in [0.25, 0.3) is 0 Å². The summed E-state index contributed by atoms with van der Waals surface area (Å²) in [5.74, 6) is 0. The number of alkyl halides is 3. The van der Waals surface area contributed by atoms with Gasteiger partial charge in [-0.2, -0.15) is 13.2 Å². The van der Waals surface area contributed by atoms with Crippen LogP contribution in [-0.4, -0.2) is 19.8 Å². The van der Waals surface area contributed by atoms with Crippen molar-refractivity contribution in [2.45, 2.75) is 6.18 Å². The van der Waals surface area contributed by atoms with Crippen LogP contribution in [0.2, 0.25) is 0 Å². The molecule has 64 valence electrons. The summed E-state index contributed by atoms with van der Waals surface area (Å²) in [5, 5.41) is 8.92. The Labute approximate surface area is 64.0 Å². The molecule has 0 fully saturated rings. The summed E-state index contributed by atoms with van der Waals surface area (Å²) in [5.41, 5.74) is -0.672. The first kappa shape index (κ1) is 7.14. The van der Waals surface area contributed by atoms with Gasteiger partial charge in [-0.15, -0.1) is 10.2 Å². The van der Waals surface area contributed by atoms with Gasteiger partial charge in [0.15, 0.2) is 5.65 Å². The van der Waals surface area contributed by atoms with E-state index in [1.807, 2.05) is 0 Å². The van der Waals surface area contributed by atoms with Gasteiger partial charge in [0.2, 0.25) is 0 Å². The normalized spacial score (nSPS) is 12.6. The molecule has 0 amide bonds. The molecule has 0 spiro atoms. The minimum absolute atomic E-state index is 0.155. The van der Waals surface area contributed by atoms with Crippen molar-refractivity contribution in [3.05, 3.63) is 18.1 Å². The molecule has 0 aliphatic carbocycles. The first-order chi connectivity index (χ1) is 5.57. The Morgan fingerprint density at radius 3 is 2.75 bits per heavy atom. The number of H-pyrrole nitrogens is 1. The van der Waals surface area contributed by atoms with E-state index in [1.165, 1.54) is 6.33 Å². The van der Waals surface area contributed by atoms with E-state index < -0.39 is 11.9 Å². The standard InChI is InChI=1S/C5H3F3N4/c6-5(7,8)3-1-4-10-9-2-12(4)11-3/h1-2,11H. The lowest BCUT2D eigenvalue weighted by molar-refractivity contribution is -0.141. The van der Waals surface area contributed by atoms with Gasteiger partial charge >= 0.3 is 6.18 Å². The van der Waals surface area contributed by atoms with Crippen LogP contribution in [0.15, 0.2) is 12.4 Å². The van der Waals surface area contributed by atoms with E-state index in [2.05, 4.69) is 15.3 Å². The molecule has 2 aromatic heterocycles. The van der Waals surface area contributed by atoms with Crippen LogP contribution in [0.3, 0.4) is 0 Å². The first-order valence-electron chi connectivity index (χ1n) is 3.03. The second-order valence-corrected chi connectivity index (χ2v) is 2.23. The van der Waals surface area contributed by atoms with Crippen LogP contribution < -0.4 is 0 Å². The summed E-state index contributed by atoms with van der Waals surface area (Å²) in [7, 11) is 0. The third kappa shape index (κ3) is 0.936. The van der Waals surface area contributed by atoms with Crippen molar-refractivity contribution in [1.29, 1.82) is 0 Å². The van der Waals surface area contributed by atoms with E-state index >= 15 is 0 Å². The Morgan fingerprint density at radius 2 is 2.17 bits per heavy atom.